The summed E-state index contributed by atoms with van der Waals surface area (Å²) in [6.07, 6.45) is 3.10. The number of hydrogen-bond donors (Lipinski definition) is 2. The molecule has 0 saturated heterocycles. The van der Waals surface area contributed by atoms with Crippen molar-refractivity contribution < 1.29 is 4.79 Å². The third kappa shape index (κ3) is 5.59. The van der Waals surface area contributed by atoms with Gasteiger partial charge < -0.3 is 15.5 Å². The second-order valence-corrected chi connectivity index (χ2v) is 7.65. The number of likely N-dealkylation sites (N-methyl/N-ethyl adjacent to an activating group) is 1. The SMILES string of the molecule is Cc1cccc(CN=C(NCC(=O)N(C)C)NC2CCc3ccccc3C2)c1. The third-order valence-electron chi connectivity index (χ3n) is 5.10. The Bertz CT molecular complexity index is 844. The fourth-order valence-corrected chi connectivity index (χ4v) is 3.47. The summed E-state index contributed by atoms with van der Waals surface area (Å²) in [7, 11) is 3.53. The number of amides is 1. The number of carbonyl (C=O) groups excluding carboxylic acids is 1. The van der Waals surface area contributed by atoms with Gasteiger partial charge in [0.05, 0.1) is 13.1 Å². The Kier molecular flexibility index (Phi) is 6.69. The van der Waals surface area contributed by atoms with Crippen molar-refractivity contribution in [3.63, 3.8) is 0 Å². The number of rotatable bonds is 5. The van der Waals surface area contributed by atoms with Crippen molar-refractivity contribution in [1.82, 2.24) is 15.5 Å². The lowest BCUT2D eigenvalue weighted by Gasteiger charge is -2.27. The highest BCUT2D eigenvalue weighted by Crippen LogP contribution is 2.21. The molecule has 0 aromatic heterocycles. The second-order valence-electron chi connectivity index (χ2n) is 7.65. The standard InChI is InChI=1S/C23H30N4O/c1-17-7-6-8-18(13-17)15-24-23(25-16-22(28)27(2)3)26-21-12-11-19-9-4-5-10-20(19)14-21/h4-10,13,21H,11-12,14-16H2,1-3H3,(H2,24,25,26). The van der Waals surface area contributed by atoms with Crippen LogP contribution in [0.5, 0.6) is 0 Å². The van der Waals surface area contributed by atoms with Crippen molar-refractivity contribution >= 4 is 11.9 Å². The van der Waals surface area contributed by atoms with Crippen LogP contribution in [0.4, 0.5) is 0 Å². The normalized spacial score (nSPS) is 16.2. The van der Waals surface area contributed by atoms with E-state index in [1.54, 1.807) is 19.0 Å². The molecule has 2 aromatic rings. The van der Waals surface area contributed by atoms with Crippen LogP contribution in [-0.4, -0.2) is 43.4 Å². The lowest BCUT2D eigenvalue weighted by atomic mass is 9.88. The number of nitrogens with zero attached hydrogens (tertiary/aromatic N) is 2. The van der Waals surface area contributed by atoms with Gasteiger partial charge in [-0.25, -0.2) is 4.99 Å². The number of nitrogens with one attached hydrogen (secondary N) is 2. The number of carbonyl (C=O) groups is 1. The summed E-state index contributed by atoms with van der Waals surface area (Å²) >= 11 is 0. The molecule has 3 rings (SSSR count). The van der Waals surface area contributed by atoms with Gasteiger partial charge in [0, 0.05) is 20.1 Å². The van der Waals surface area contributed by atoms with Gasteiger partial charge in [0.2, 0.25) is 5.91 Å². The summed E-state index contributed by atoms with van der Waals surface area (Å²) in [4.78, 5) is 18.3. The molecule has 0 radical (unpaired) electrons. The molecule has 0 heterocycles. The monoisotopic (exact) mass is 378 g/mol. The van der Waals surface area contributed by atoms with Crippen LogP contribution in [0.15, 0.2) is 53.5 Å². The molecule has 2 aromatic carbocycles. The summed E-state index contributed by atoms with van der Waals surface area (Å²) in [5.41, 5.74) is 5.22. The minimum absolute atomic E-state index is 0.0269. The van der Waals surface area contributed by atoms with Crippen LogP contribution >= 0.6 is 0 Å². The van der Waals surface area contributed by atoms with E-state index in [1.165, 1.54) is 16.7 Å². The first-order chi connectivity index (χ1) is 13.5. The molecule has 0 aliphatic heterocycles. The fraction of sp³-hybridized carbons (Fsp3) is 0.391. The van der Waals surface area contributed by atoms with E-state index in [0.717, 1.165) is 24.8 Å². The Morgan fingerprint density at radius 3 is 2.68 bits per heavy atom. The molecule has 5 heteroatoms. The molecule has 2 N–H and O–H groups in total. The van der Waals surface area contributed by atoms with E-state index in [1.807, 2.05) is 6.07 Å². The zero-order chi connectivity index (χ0) is 19.9. The Hall–Kier alpha value is -2.82. The van der Waals surface area contributed by atoms with Gasteiger partial charge in [-0.05, 0) is 42.9 Å². The first kappa shape index (κ1) is 19.9. The Labute approximate surface area is 167 Å². The highest BCUT2D eigenvalue weighted by molar-refractivity contribution is 5.86. The fourth-order valence-electron chi connectivity index (χ4n) is 3.47. The maximum absolute atomic E-state index is 12.0. The molecule has 1 aliphatic rings. The highest BCUT2D eigenvalue weighted by Gasteiger charge is 2.19. The predicted octanol–water partition coefficient (Wildman–Crippen LogP) is 2.68. The lowest BCUT2D eigenvalue weighted by molar-refractivity contribution is -0.127. The summed E-state index contributed by atoms with van der Waals surface area (Å²) < 4.78 is 0. The predicted molar refractivity (Wildman–Crippen MR) is 114 cm³/mol. The van der Waals surface area contributed by atoms with Crippen molar-refractivity contribution in [2.24, 2.45) is 4.99 Å². The van der Waals surface area contributed by atoms with Gasteiger partial charge in [0.1, 0.15) is 0 Å². The molecule has 0 bridgehead atoms. The van der Waals surface area contributed by atoms with Crippen LogP contribution in [0, 0.1) is 6.92 Å². The Morgan fingerprint density at radius 1 is 1.14 bits per heavy atom. The van der Waals surface area contributed by atoms with Gasteiger partial charge in [0.15, 0.2) is 5.96 Å². The molecule has 1 atom stereocenters. The third-order valence-corrected chi connectivity index (χ3v) is 5.10. The van der Waals surface area contributed by atoms with Crippen LogP contribution in [0.3, 0.4) is 0 Å². The van der Waals surface area contributed by atoms with Gasteiger partial charge >= 0.3 is 0 Å². The van der Waals surface area contributed by atoms with Crippen LogP contribution in [0.1, 0.15) is 28.7 Å². The molecule has 28 heavy (non-hydrogen) atoms. The first-order valence-corrected chi connectivity index (χ1v) is 9.88. The molecular formula is C23H30N4O. The van der Waals surface area contributed by atoms with Crippen molar-refractivity contribution in [3.8, 4) is 0 Å². The van der Waals surface area contributed by atoms with Gasteiger partial charge in [0.25, 0.3) is 0 Å². The van der Waals surface area contributed by atoms with Crippen LogP contribution in [0.25, 0.3) is 0 Å². The van der Waals surface area contributed by atoms with E-state index in [0.29, 0.717) is 18.5 Å². The van der Waals surface area contributed by atoms with Crippen LogP contribution < -0.4 is 10.6 Å². The molecule has 148 valence electrons. The van der Waals surface area contributed by atoms with Gasteiger partial charge in [-0.15, -0.1) is 0 Å². The molecule has 0 spiro atoms. The van der Waals surface area contributed by atoms with Crippen molar-refractivity contribution in [2.45, 2.75) is 38.8 Å². The van der Waals surface area contributed by atoms with Gasteiger partial charge in [-0.1, -0.05) is 54.1 Å². The van der Waals surface area contributed by atoms with Crippen LogP contribution in [-0.2, 0) is 24.2 Å². The van der Waals surface area contributed by atoms with E-state index in [-0.39, 0.29) is 12.5 Å². The maximum Gasteiger partial charge on any atom is 0.241 e. The molecular weight excluding hydrogens is 348 g/mol. The minimum Gasteiger partial charge on any atom is -0.353 e. The smallest absolute Gasteiger partial charge is 0.241 e. The van der Waals surface area contributed by atoms with E-state index in [9.17, 15) is 4.79 Å². The van der Waals surface area contributed by atoms with Crippen molar-refractivity contribution in [3.05, 3.63) is 70.8 Å². The molecule has 0 fully saturated rings. The topological polar surface area (TPSA) is 56.7 Å². The minimum atomic E-state index is 0.0269. The van der Waals surface area contributed by atoms with E-state index in [2.05, 4.69) is 60.0 Å². The Morgan fingerprint density at radius 2 is 1.93 bits per heavy atom. The quantitative estimate of drug-likeness (QED) is 0.621. The molecule has 1 amide bonds. The zero-order valence-corrected chi connectivity index (χ0v) is 17.0. The highest BCUT2D eigenvalue weighted by atomic mass is 16.2. The number of aliphatic imine (C=N–C) groups is 1. The summed E-state index contributed by atoms with van der Waals surface area (Å²) in [6.45, 7) is 2.90. The number of aryl methyl sites for hydroxylation is 2. The summed E-state index contributed by atoms with van der Waals surface area (Å²) in [5.74, 6) is 0.722. The molecule has 1 aliphatic carbocycles. The average molecular weight is 379 g/mol. The van der Waals surface area contributed by atoms with E-state index in [4.69, 9.17) is 4.99 Å². The van der Waals surface area contributed by atoms with Gasteiger partial charge in [-0.3, -0.25) is 4.79 Å². The van der Waals surface area contributed by atoms with E-state index >= 15 is 0 Å². The second kappa shape index (κ2) is 9.40. The maximum atomic E-state index is 12.0. The Balaban J connectivity index is 1.68. The summed E-state index contributed by atoms with van der Waals surface area (Å²) in [5, 5.41) is 6.75. The largest absolute Gasteiger partial charge is 0.353 e. The van der Waals surface area contributed by atoms with E-state index < -0.39 is 0 Å². The zero-order valence-electron chi connectivity index (χ0n) is 17.0. The molecule has 0 saturated carbocycles. The number of hydrogen-bond acceptors (Lipinski definition) is 2. The number of fused-ring (bicyclic) bond motifs is 1. The molecule has 1 unspecified atom stereocenters. The van der Waals surface area contributed by atoms with Gasteiger partial charge in [-0.2, -0.15) is 0 Å². The number of guanidine groups is 1. The van der Waals surface area contributed by atoms with Crippen LogP contribution in [0.2, 0.25) is 0 Å². The molecule has 5 nitrogen and oxygen atoms in total. The van der Waals surface area contributed by atoms with Crippen molar-refractivity contribution in [2.75, 3.05) is 20.6 Å². The first-order valence-electron chi connectivity index (χ1n) is 9.88. The average Bonchev–Trinajstić information content (AvgIpc) is 2.69. The number of benzene rings is 2. The lowest BCUT2D eigenvalue weighted by Crippen LogP contribution is -2.48. The van der Waals surface area contributed by atoms with Crippen molar-refractivity contribution in [1.29, 1.82) is 0 Å². The summed E-state index contributed by atoms with van der Waals surface area (Å²) in [6, 6.07) is 17.3.